The van der Waals surface area contributed by atoms with Crippen LogP contribution in [0.25, 0.3) is 0 Å². The van der Waals surface area contributed by atoms with Crippen molar-refractivity contribution in [3.8, 4) is 0 Å². The number of nitrogens with zero attached hydrogens (tertiary/aromatic N) is 2. The summed E-state index contributed by atoms with van der Waals surface area (Å²) in [7, 11) is 0. The van der Waals surface area contributed by atoms with E-state index >= 15 is 0 Å². The summed E-state index contributed by atoms with van der Waals surface area (Å²) in [6, 6.07) is 1.33. The second-order valence-electron chi connectivity index (χ2n) is 5.09. The third-order valence-electron chi connectivity index (χ3n) is 3.62. The Morgan fingerprint density at radius 2 is 2.15 bits per heavy atom. The fraction of sp³-hybridized carbons (Fsp3) is 0.500. The third kappa shape index (κ3) is 2.45. The number of likely N-dealkylation sites (tertiary alicyclic amines) is 1. The van der Waals surface area contributed by atoms with E-state index in [1.165, 1.54) is 4.57 Å². The maximum absolute atomic E-state index is 12.2. The second kappa shape index (κ2) is 5.48. The molecule has 1 N–H and O–H groups in total. The Kier molecular flexibility index (Phi) is 3.92. The van der Waals surface area contributed by atoms with Gasteiger partial charge in [0.2, 0.25) is 5.91 Å². The first-order valence-electron chi connectivity index (χ1n) is 6.68. The molecule has 1 aliphatic heterocycles. The number of aromatic carboxylic acids is 1. The average molecular weight is 278 g/mol. The van der Waals surface area contributed by atoms with Gasteiger partial charge in [-0.2, -0.15) is 0 Å². The standard InChI is InChI=1S/C14H18N2O4/c1-3-5-15-8-10(7-11(15)17)16-6-4-9(2)12(13(16)18)14(19)20/h4,6,10H,3,5,7-8H2,1-2H3,(H,19,20). The lowest BCUT2D eigenvalue weighted by Crippen LogP contribution is -2.32. The van der Waals surface area contributed by atoms with Crippen LogP contribution >= 0.6 is 0 Å². The lowest BCUT2D eigenvalue weighted by molar-refractivity contribution is -0.127. The van der Waals surface area contributed by atoms with Crippen molar-refractivity contribution in [2.45, 2.75) is 32.7 Å². The molecule has 2 heterocycles. The normalized spacial score (nSPS) is 18.6. The Bertz CT molecular complexity index is 606. The number of carbonyl (C=O) groups is 2. The first-order valence-corrected chi connectivity index (χ1v) is 6.68. The van der Waals surface area contributed by atoms with Gasteiger partial charge in [0.15, 0.2) is 0 Å². The lowest BCUT2D eigenvalue weighted by atomic mass is 10.1. The van der Waals surface area contributed by atoms with Crippen LogP contribution in [0.1, 0.15) is 41.7 Å². The molecule has 6 nitrogen and oxygen atoms in total. The van der Waals surface area contributed by atoms with Crippen molar-refractivity contribution >= 4 is 11.9 Å². The van der Waals surface area contributed by atoms with E-state index in [2.05, 4.69) is 0 Å². The van der Waals surface area contributed by atoms with Crippen molar-refractivity contribution in [2.24, 2.45) is 0 Å². The molecule has 1 fully saturated rings. The topological polar surface area (TPSA) is 79.6 Å². The van der Waals surface area contributed by atoms with Gasteiger partial charge in [0.1, 0.15) is 5.56 Å². The highest BCUT2D eigenvalue weighted by molar-refractivity contribution is 5.88. The van der Waals surface area contributed by atoms with Gasteiger partial charge in [0.25, 0.3) is 5.56 Å². The van der Waals surface area contributed by atoms with Gasteiger partial charge in [-0.15, -0.1) is 0 Å². The zero-order valence-electron chi connectivity index (χ0n) is 11.6. The van der Waals surface area contributed by atoms with E-state index in [4.69, 9.17) is 5.11 Å². The van der Waals surface area contributed by atoms with Crippen LogP contribution in [0.4, 0.5) is 0 Å². The molecule has 1 atom stereocenters. The predicted octanol–water partition coefficient (Wildman–Crippen LogP) is 1.04. The van der Waals surface area contributed by atoms with E-state index < -0.39 is 11.5 Å². The van der Waals surface area contributed by atoms with E-state index in [1.54, 1.807) is 24.1 Å². The number of hydrogen-bond donors (Lipinski definition) is 1. The van der Waals surface area contributed by atoms with Gasteiger partial charge in [0, 0.05) is 25.7 Å². The number of pyridine rings is 1. The van der Waals surface area contributed by atoms with Crippen LogP contribution in [0.5, 0.6) is 0 Å². The van der Waals surface area contributed by atoms with Crippen molar-refractivity contribution in [3.63, 3.8) is 0 Å². The number of rotatable bonds is 4. The number of carbonyl (C=O) groups excluding carboxylic acids is 1. The zero-order valence-corrected chi connectivity index (χ0v) is 11.6. The Morgan fingerprint density at radius 3 is 2.75 bits per heavy atom. The average Bonchev–Trinajstić information content (AvgIpc) is 2.71. The smallest absolute Gasteiger partial charge is 0.341 e. The number of carboxylic acids is 1. The number of carboxylic acid groups (broad SMARTS) is 1. The highest BCUT2D eigenvalue weighted by Gasteiger charge is 2.31. The van der Waals surface area contributed by atoms with Crippen molar-refractivity contribution in [1.29, 1.82) is 0 Å². The van der Waals surface area contributed by atoms with Crippen LogP contribution < -0.4 is 5.56 Å². The molecule has 1 saturated heterocycles. The predicted molar refractivity (Wildman–Crippen MR) is 72.9 cm³/mol. The molecule has 108 valence electrons. The van der Waals surface area contributed by atoms with Gasteiger partial charge in [-0.3, -0.25) is 9.59 Å². The minimum absolute atomic E-state index is 0.0150. The molecule has 0 aliphatic carbocycles. The molecular formula is C14H18N2O4. The molecule has 1 aromatic rings. The van der Waals surface area contributed by atoms with E-state index in [9.17, 15) is 14.4 Å². The Labute approximate surface area is 116 Å². The van der Waals surface area contributed by atoms with Crippen molar-refractivity contribution in [3.05, 3.63) is 33.7 Å². The minimum atomic E-state index is -1.23. The summed E-state index contributed by atoms with van der Waals surface area (Å²) >= 11 is 0. The molecule has 1 unspecified atom stereocenters. The molecule has 1 aliphatic rings. The molecular weight excluding hydrogens is 260 g/mol. The molecule has 6 heteroatoms. The largest absolute Gasteiger partial charge is 0.477 e. The van der Waals surface area contributed by atoms with Gasteiger partial charge in [-0.05, 0) is 25.0 Å². The molecule has 0 saturated carbocycles. The maximum Gasteiger partial charge on any atom is 0.341 e. The van der Waals surface area contributed by atoms with Crippen LogP contribution in [-0.2, 0) is 4.79 Å². The summed E-state index contributed by atoms with van der Waals surface area (Å²) in [5, 5.41) is 9.11. The summed E-state index contributed by atoms with van der Waals surface area (Å²) in [4.78, 5) is 37.0. The van der Waals surface area contributed by atoms with Crippen molar-refractivity contribution in [2.75, 3.05) is 13.1 Å². The Balaban J connectivity index is 2.36. The number of amides is 1. The summed E-state index contributed by atoms with van der Waals surface area (Å²) in [6.07, 6.45) is 2.70. The molecule has 1 amide bonds. The van der Waals surface area contributed by atoms with Gasteiger partial charge >= 0.3 is 5.97 Å². The van der Waals surface area contributed by atoms with Gasteiger partial charge in [-0.1, -0.05) is 6.92 Å². The zero-order chi connectivity index (χ0) is 14.9. The number of aromatic nitrogens is 1. The van der Waals surface area contributed by atoms with Gasteiger partial charge < -0.3 is 14.6 Å². The summed E-state index contributed by atoms with van der Waals surface area (Å²) in [6.45, 7) is 4.72. The van der Waals surface area contributed by atoms with Crippen molar-refractivity contribution in [1.82, 2.24) is 9.47 Å². The summed E-state index contributed by atoms with van der Waals surface area (Å²) < 4.78 is 1.38. The Hall–Kier alpha value is -2.11. The summed E-state index contributed by atoms with van der Waals surface area (Å²) in [5.74, 6) is -1.21. The SMILES string of the molecule is CCCN1CC(n2ccc(C)c(C(=O)O)c2=O)CC1=O. The molecule has 20 heavy (non-hydrogen) atoms. The van der Waals surface area contributed by atoms with E-state index in [1.807, 2.05) is 6.92 Å². The molecule has 0 spiro atoms. The maximum atomic E-state index is 12.2. The molecule has 1 aromatic heterocycles. The van der Waals surface area contributed by atoms with Crippen LogP contribution in [0.2, 0.25) is 0 Å². The highest BCUT2D eigenvalue weighted by Crippen LogP contribution is 2.22. The van der Waals surface area contributed by atoms with Gasteiger partial charge in [0.05, 0.1) is 6.04 Å². The van der Waals surface area contributed by atoms with Crippen molar-refractivity contribution < 1.29 is 14.7 Å². The fourth-order valence-corrected chi connectivity index (χ4v) is 2.61. The van der Waals surface area contributed by atoms with Crippen LogP contribution in [0.15, 0.2) is 17.1 Å². The molecule has 2 rings (SSSR count). The first kappa shape index (κ1) is 14.3. The summed E-state index contributed by atoms with van der Waals surface area (Å²) in [5.41, 5.74) is -0.309. The highest BCUT2D eigenvalue weighted by atomic mass is 16.4. The van der Waals surface area contributed by atoms with E-state index in [-0.39, 0.29) is 23.9 Å². The lowest BCUT2D eigenvalue weighted by Gasteiger charge is -2.17. The monoisotopic (exact) mass is 278 g/mol. The number of hydrogen-bond acceptors (Lipinski definition) is 3. The fourth-order valence-electron chi connectivity index (χ4n) is 2.61. The Morgan fingerprint density at radius 1 is 1.45 bits per heavy atom. The van der Waals surface area contributed by atoms with E-state index in [0.717, 1.165) is 6.42 Å². The number of aryl methyl sites for hydroxylation is 1. The molecule has 0 radical (unpaired) electrons. The second-order valence-corrected chi connectivity index (χ2v) is 5.09. The third-order valence-corrected chi connectivity index (χ3v) is 3.62. The minimum Gasteiger partial charge on any atom is -0.477 e. The van der Waals surface area contributed by atoms with Crippen LogP contribution in [0, 0.1) is 6.92 Å². The quantitative estimate of drug-likeness (QED) is 0.892. The van der Waals surface area contributed by atoms with Gasteiger partial charge in [-0.25, -0.2) is 4.79 Å². The van der Waals surface area contributed by atoms with Crippen LogP contribution in [0.3, 0.4) is 0 Å². The van der Waals surface area contributed by atoms with Crippen LogP contribution in [-0.4, -0.2) is 39.5 Å². The molecule has 0 aromatic carbocycles. The van der Waals surface area contributed by atoms with E-state index in [0.29, 0.717) is 18.7 Å². The molecule has 0 bridgehead atoms. The first-order chi connectivity index (χ1) is 9.45.